The molecule has 1 aliphatic carbocycles. The van der Waals surface area contributed by atoms with Crippen molar-refractivity contribution in [1.82, 2.24) is 0 Å². The molecular weight excluding hydrogens is 375 g/mol. The average Bonchev–Trinajstić information content (AvgIpc) is 2.87. The lowest BCUT2D eigenvalue weighted by atomic mass is 9.75. The largest absolute Gasteiger partial charge is 0.487 e. The van der Waals surface area contributed by atoms with Crippen LogP contribution < -0.4 is 0 Å². The molecule has 1 saturated carbocycles. The van der Waals surface area contributed by atoms with Gasteiger partial charge in [-0.2, -0.15) is 0 Å². The minimum atomic E-state index is -0.374. The molecule has 30 heavy (non-hydrogen) atoms. The number of esters is 1. The minimum Gasteiger partial charge on any atom is -0.458 e. The van der Waals surface area contributed by atoms with E-state index in [1.807, 2.05) is 64.0 Å². The number of carbonyl (C=O) groups is 1. The first kappa shape index (κ1) is 23.1. The van der Waals surface area contributed by atoms with Crippen LogP contribution in [0, 0.1) is 17.8 Å². The Kier molecular flexibility index (Phi) is 6.83. The maximum absolute atomic E-state index is 12.7. The summed E-state index contributed by atoms with van der Waals surface area (Å²) in [6.45, 7) is 14.9. The molecule has 2 fully saturated rings. The van der Waals surface area contributed by atoms with E-state index >= 15 is 0 Å². The Morgan fingerprint density at radius 2 is 1.70 bits per heavy atom. The zero-order chi connectivity index (χ0) is 22.1. The van der Waals surface area contributed by atoms with Crippen molar-refractivity contribution in [3.8, 4) is 0 Å². The predicted octanol–water partition coefficient (Wildman–Crippen LogP) is 5.95. The van der Waals surface area contributed by atoms with Gasteiger partial charge in [-0.3, -0.25) is 0 Å². The van der Waals surface area contributed by atoms with E-state index < -0.39 is 0 Å². The average molecular weight is 412 g/mol. The summed E-state index contributed by atoms with van der Waals surface area (Å²) in [7, 11) is -0.374. The van der Waals surface area contributed by atoms with Crippen molar-refractivity contribution >= 4 is 19.2 Å². The van der Waals surface area contributed by atoms with Crippen LogP contribution in [0.1, 0.15) is 83.7 Å². The highest BCUT2D eigenvalue weighted by Crippen LogP contribution is 2.37. The number of hydrogen-bond donors (Lipinski definition) is 0. The van der Waals surface area contributed by atoms with Crippen LogP contribution in [0.2, 0.25) is 0 Å². The molecule has 1 aromatic rings. The van der Waals surface area contributed by atoms with Gasteiger partial charge in [-0.15, -0.1) is 0 Å². The van der Waals surface area contributed by atoms with Crippen LogP contribution in [-0.4, -0.2) is 30.4 Å². The monoisotopic (exact) mass is 412 g/mol. The molecule has 0 bridgehead atoms. The number of carbonyl (C=O) groups excluding carboxylic acids is 1. The Morgan fingerprint density at radius 3 is 2.27 bits per heavy atom. The van der Waals surface area contributed by atoms with Crippen LogP contribution in [0.4, 0.5) is 0 Å². The lowest BCUT2D eigenvalue weighted by molar-refractivity contribution is -0.0174. The molecule has 1 aliphatic heterocycles. The van der Waals surface area contributed by atoms with E-state index in [2.05, 4.69) is 20.8 Å². The second-order valence-corrected chi connectivity index (χ2v) is 10.4. The van der Waals surface area contributed by atoms with E-state index in [0.717, 1.165) is 18.4 Å². The Labute approximate surface area is 182 Å². The molecule has 164 valence electrons. The third kappa shape index (κ3) is 5.18. The summed E-state index contributed by atoms with van der Waals surface area (Å²) in [5, 5.41) is 0. The van der Waals surface area contributed by atoms with E-state index in [9.17, 15) is 4.79 Å². The minimum absolute atomic E-state index is 0.0178. The van der Waals surface area contributed by atoms with Gasteiger partial charge < -0.3 is 14.0 Å². The van der Waals surface area contributed by atoms with Crippen molar-refractivity contribution < 1.29 is 18.8 Å². The number of ether oxygens (including phenoxy) is 1. The highest BCUT2D eigenvalue weighted by molar-refractivity contribution is 6.52. The zero-order valence-electron chi connectivity index (χ0n) is 19.6. The fourth-order valence-corrected chi connectivity index (χ4v) is 4.34. The Balaban J connectivity index is 1.60. The lowest BCUT2D eigenvalue weighted by Gasteiger charge is -2.36. The number of rotatable bonds is 5. The first-order valence-electron chi connectivity index (χ1n) is 11.3. The second-order valence-electron chi connectivity index (χ2n) is 10.4. The molecule has 5 heteroatoms. The van der Waals surface area contributed by atoms with Gasteiger partial charge in [0.2, 0.25) is 0 Å². The molecule has 1 heterocycles. The van der Waals surface area contributed by atoms with Gasteiger partial charge in [0.25, 0.3) is 0 Å². The zero-order valence-corrected chi connectivity index (χ0v) is 19.6. The van der Waals surface area contributed by atoms with Crippen molar-refractivity contribution in [3.05, 3.63) is 41.4 Å². The van der Waals surface area contributed by atoms with Gasteiger partial charge in [-0.25, -0.2) is 4.79 Å². The van der Waals surface area contributed by atoms with Crippen molar-refractivity contribution in [2.24, 2.45) is 17.8 Å². The van der Waals surface area contributed by atoms with Crippen LogP contribution in [0.5, 0.6) is 0 Å². The molecule has 2 aliphatic rings. The standard InChI is InChI=1S/C25H37BO4/c1-17(2)21-13-8-18(3)16-22(21)28-23(27)20-11-9-19(10-12-20)14-15-26-29-24(4,5)25(6,7)30-26/h9-12,14-15,17-18,21-22H,8,13,16H2,1-7H3/b15-14+/t18-,21+,22-/m1/s1. The molecule has 3 rings (SSSR count). The van der Waals surface area contributed by atoms with Crippen molar-refractivity contribution in [2.75, 3.05) is 0 Å². The van der Waals surface area contributed by atoms with Gasteiger partial charge in [-0.05, 0) is 76.0 Å². The third-order valence-electron chi connectivity index (χ3n) is 7.08. The summed E-state index contributed by atoms with van der Waals surface area (Å²) >= 11 is 0. The van der Waals surface area contributed by atoms with Crippen molar-refractivity contribution in [2.45, 2.75) is 85.0 Å². The summed E-state index contributed by atoms with van der Waals surface area (Å²) in [4.78, 5) is 12.7. The van der Waals surface area contributed by atoms with Gasteiger partial charge in [-0.1, -0.05) is 51.4 Å². The van der Waals surface area contributed by atoms with E-state index in [1.165, 1.54) is 6.42 Å². The highest BCUT2D eigenvalue weighted by Gasteiger charge is 2.50. The van der Waals surface area contributed by atoms with Gasteiger partial charge >= 0.3 is 13.1 Å². The molecule has 0 spiro atoms. The second kappa shape index (κ2) is 8.88. The molecule has 4 nitrogen and oxygen atoms in total. The van der Waals surface area contributed by atoms with Gasteiger partial charge in [0.15, 0.2) is 0 Å². The van der Waals surface area contributed by atoms with Crippen LogP contribution >= 0.6 is 0 Å². The summed E-state index contributed by atoms with van der Waals surface area (Å²) in [5.41, 5.74) is 0.899. The maximum atomic E-state index is 12.7. The number of hydrogen-bond acceptors (Lipinski definition) is 4. The van der Waals surface area contributed by atoms with Gasteiger partial charge in [0.1, 0.15) is 6.10 Å². The molecule has 0 aromatic heterocycles. The van der Waals surface area contributed by atoms with E-state index in [1.54, 1.807) is 0 Å². The molecule has 0 unspecified atom stereocenters. The summed E-state index contributed by atoms with van der Waals surface area (Å²) in [5.74, 6) is 3.28. The summed E-state index contributed by atoms with van der Waals surface area (Å²) in [6.07, 6.45) is 5.31. The molecule has 3 atom stereocenters. The highest BCUT2D eigenvalue weighted by atomic mass is 16.7. The van der Waals surface area contributed by atoms with Crippen LogP contribution in [0.15, 0.2) is 30.2 Å². The quantitative estimate of drug-likeness (QED) is 0.443. The molecule has 0 amide bonds. The van der Waals surface area contributed by atoms with Crippen LogP contribution in [-0.2, 0) is 14.0 Å². The number of benzene rings is 1. The smallest absolute Gasteiger partial charge is 0.458 e. The molecule has 1 aromatic carbocycles. The maximum Gasteiger partial charge on any atom is 0.487 e. The van der Waals surface area contributed by atoms with E-state index in [-0.39, 0.29) is 30.4 Å². The molecule has 1 saturated heterocycles. The first-order chi connectivity index (χ1) is 14.0. The Bertz CT molecular complexity index is 750. The third-order valence-corrected chi connectivity index (χ3v) is 7.08. The van der Waals surface area contributed by atoms with Crippen molar-refractivity contribution in [3.63, 3.8) is 0 Å². The fraction of sp³-hybridized carbons (Fsp3) is 0.640. The predicted molar refractivity (Wildman–Crippen MR) is 122 cm³/mol. The summed E-state index contributed by atoms with van der Waals surface area (Å²) < 4.78 is 17.9. The van der Waals surface area contributed by atoms with E-state index in [0.29, 0.717) is 23.3 Å². The Morgan fingerprint density at radius 1 is 1.10 bits per heavy atom. The lowest BCUT2D eigenvalue weighted by Crippen LogP contribution is -2.41. The molecular formula is C25H37BO4. The van der Waals surface area contributed by atoms with E-state index in [4.69, 9.17) is 14.0 Å². The van der Waals surface area contributed by atoms with Crippen molar-refractivity contribution in [1.29, 1.82) is 0 Å². The normalized spacial score (nSPS) is 28.3. The van der Waals surface area contributed by atoms with Gasteiger partial charge in [0.05, 0.1) is 16.8 Å². The van der Waals surface area contributed by atoms with Crippen LogP contribution in [0.25, 0.3) is 6.08 Å². The summed E-state index contributed by atoms with van der Waals surface area (Å²) in [6, 6.07) is 7.54. The first-order valence-corrected chi connectivity index (χ1v) is 11.3. The topological polar surface area (TPSA) is 44.8 Å². The van der Waals surface area contributed by atoms with Crippen LogP contribution in [0.3, 0.4) is 0 Å². The fourth-order valence-electron chi connectivity index (χ4n) is 4.34. The SMILES string of the molecule is CC(C)[C@@H]1CC[C@@H](C)C[C@H]1OC(=O)c1ccc(/C=C/B2OC(C)(C)C(C)(C)O2)cc1. The van der Waals surface area contributed by atoms with Gasteiger partial charge in [0, 0.05) is 0 Å². The molecule has 0 N–H and O–H groups in total. The molecule has 0 radical (unpaired) electrons. The Hall–Kier alpha value is -1.59.